The molecule has 0 aromatic heterocycles. The minimum Gasteiger partial charge on any atom is -0.508 e. The predicted octanol–water partition coefficient (Wildman–Crippen LogP) is 6.12. The molecule has 0 spiro atoms. The highest BCUT2D eigenvalue weighted by molar-refractivity contribution is 6.32. The van der Waals surface area contributed by atoms with Crippen LogP contribution in [-0.2, 0) is 24.6 Å². The second kappa shape index (κ2) is 11.9. The van der Waals surface area contributed by atoms with Crippen molar-refractivity contribution in [2.75, 3.05) is 16.9 Å². The maximum atomic E-state index is 15.4. The lowest BCUT2D eigenvalue weighted by Crippen LogP contribution is -2.53. The Labute approximate surface area is 297 Å². The van der Waals surface area contributed by atoms with E-state index in [1.165, 1.54) is 37.4 Å². The minimum absolute atomic E-state index is 0.0535. The molecule has 2 heterocycles. The third kappa shape index (κ3) is 4.59. The number of hydrogen-bond acceptors (Lipinski definition) is 7. The standard InChI is InChI=1S/C40H31ClN2O8/c1-51-31-15-7-14-30(44)33(31)34-26-16-17-27-32(37(47)42(35(27)45)24-12-5-8-21(18-24)38(48)49)28(26)20-29-36(46)43(25-13-6-11-23(41)19-25)39(50)40(29,34)22-9-3-2-4-10-22/h2-16,18-19,27-29,32,34,44H,17,20H2,1H3,(H,48,49). The highest BCUT2D eigenvalue weighted by atomic mass is 35.5. The number of carbonyl (C=O) groups excluding carboxylic acids is 4. The third-order valence-electron chi connectivity index (χ3n) is 11.1. The molecule has 6 atom stereocenters. The van der Waals surface area contributed by atoms with Crippen LogP contribution in [0.5, 0.6) is 11.5 Å². The lowest BCUT2D eigenvalue weighted by atomic mass is 9.49. The van der Waals surface area contributed by atoms with Crippen molar-refractivity contribution in [2.24, 2.45) is 23.7 Å². The number of aromatic carboxylic acids is 1. The Balaban J connectivity index is 1.36. The minimum atomic E-state index is -1.59. The van der Waals surface area contributed by atoms with Gasteiger partial charge in [-0.05, 0) is 72.9 Å². The molecule has 6 unspecified atom stereocenters. The number of allylic oxidation sites excluding steroid dienone is 2. The van der Waals surface area contributed by atoms with Crippen LogP contribution < -0.4 is 14.5 Å². The van der Waals surface area contributed by atoms with Gasteiger partial charge in [-0.3, -0.25) is 24.1 Å². The fraction of sp³-hybridized carbons (Fsp3) is 0.225. The number of amides is 4. The van der Waals surface area contributed by atoms with Gasteiger partial charge in [0.2, 0.25) is 23.6 Å². The molecule has 4 aliphatic rings. The number of carboxylic acids is 1. The number of rotatable bonds is 6. The Morgan fingerprint density at radius 2 is 1.53 bits per heavy atom. The maximum Gasteiger partial charge on any atom is 0.335 e. The Hall–Kier alpha value is -5.74. The molecular formula is C40H31ClN2O8. The van der Waals surface area contributed by atoms with Crippen molar-refractivity contribution in [3.05, 3.63) is 130 Å². The van der Waals surface area contributed by atoms with Gasteiger partial charge in [0, 0.05) is 16.5 Å². The number of methoxy groups -OCH3 is 1. The van der Waals surface area contributed by atoms with Crippen LogP contribution >= 0.6 is 11.6 Å². The zero-order valence-corrected chi connectivity index (χ0v) is 28.0. The van der Waals surface area contributed by atoms with Crippen LogP contribution in [-0.4, -0.2) is 46.9 Å². The van der Waals surface area contributed by atoms with Gasteiger partial charge in [0.25, 0.3) is 0 Å². The molecule has 3 fully saturated rings. The van der Waals surface area contributed by atoms with E-state index in [-0.39, 0.29) is 35.5 Å². The van der Waals surface area contributed by atoms with Crippen LogP contribution in [0.3, 0.4) is 0 Å². The number of phenols is 1. The zero-order chi connectivity index (χ0) is 35.8. The van der Waals surface area contributed by atoms with E-state index in [4.69, 9.17) is 16.3 Å². The van der Waals surface area contributed by atoms with Gasteiger partial charge in [0.1, 0.15) is 11.5 Å². The number of hydrogen-bond donors (Lipinski definition) is 2. The highest BCUT2D eigenvalue weighted by Crippen LogP contribution is 2.66. The molecule has 2 N–H and O–H groups in total. The van der Waals surface area contributed by atoms with Gasteiger partial charge in [-0.25, -0.2) is 9.69 Å². The second-order valence-electron chi connectivity index (χ2n) is 13.4. The molecule has 1 saturated carbocycles. The fourth-order valence-electron chi connectivity index (χ4n) is 9.09. The summed E-state index contributed by atoms with van der Waals surface area (Å²) in [6.45, 7) is 0. The fourth-order valence-corrected chi connectivity index (χ4v) is 9.28. The van der Waals surface area contributed by atoms with Gasteiger partial charge in [0.15, 0.2) is 0 Å². The average molecular weight is 703 g/mol. The van der Waals surface area contributed by atoms with E-state index >= 15 is 4.79 Å². The largest absolute Gasteiger partial charge is 0.508 e. The molecule has 10 nitrogen and oxygen atoms in total. The van der Waals surface area contributed by atoms with Gasteiger partial charge >= 0.3 is 5.97 Å². The highest BCUT2D eigenvalue weighted by Gasteiger charge is 2.71. The van der Waals surface area contributed by atoms with Crippen LogP contribution in [0.4, 0.5) is 11.4 Å². The van der Waals surface area contributed by atoms with Crippen molar-refractivity contribution in [1.82, 2.24) is 0 Å². The van der Waals surface area contributed by atoms with Crippen molar-refractivity contribution in [3.8, 4) is 11.5 Å². The van der Waals surface area contributed by atoms with E-state index in [0.717, 1.165) is 9.80 Å². The number of benzene rings is 4. The maximum absolute atomic E-state index is 15.4. The third-order valence-corrected chi connectivity index (χ3v) is 11.3. The number of carbonyl (C=O) groups is 5. The number of carboxylic acid groups (broad SMARTS) is 1. The quantitative estimate of drug-likeness (QED) is 0.181. The molecule has 2 aliphatic heterocycles. The molecular weight excluding hydrogens is 672 g/mol. The summed E-state index contributed by atoms with van der Waals surface area (Å²) in [6, 6.07) is 26.0. The molecule has 2 aliphatic carbocycles. The summed E-state index contributed by atoms with van der Waals surface area (Å²) in [4.78, 5) is 72.8. The number of nitrogens with zero attached hydrogens (tertiary/aromatic N) is 2. The van der Waals surface area contributed by atoms with E-state index < -0.39 is 64.6 Å². The number of aromatic hydroxyl groups is 1. The second-order valence-corrected chi connectivity index (χ2v) is 13.8. The number of phenolic OH excluding ortho intramolecular Hbond substituents is 1. The number of fused-ring (bicyclic) bond motifs is 4. The SMILES string of the molecule is COc1cccc(O)c1C1C2=CCC3C(=O)N(c4cccc(C(=O)O)c4)C(=O)C3C2CC2C(=O)N(c3cccc(Cl)c3)C(=O)C21c1ccccc1. The lowest BCUT2D eigenvalue weighted by Gasteiger charge is -2.51. The summed E-state index contributed by atoms with van der Waals surface area (Å²) in [7, 11) is 1.46. The number of halogens is 1. The molecule has 4 aromatic carbocycles. The van der Waals surface area contributed by atoms with Crippen LogP contribution in [0.25, 0.3) is 0 Å². The first-order valence-corrected chi connectivity index (χ1v) is 16.9. The number of anilines is 2. The van der Waals surface area contributed by atoms with Crippen molar-refractivity contribution in [2.45, 2.75) is 24.2 Å². The average Bonchev–Trinajstić information content (AvgIpc) is 3.52. The van der Waals surface area contributed by atoms with Crippen LogP contribution in [0.1, 0.15) is 40.2 Å². The van der Waals surface area contributed by atoms with Crippen LogP contribution in [0, 0.1) is 23.7 Å². The molecule has 0 radical (unpaired) electrons. The normalized spacial score (nSPS) is 26.8. The Morgan fingerprint density at radius 3 is 2.24 bits per heavy atom. The van der Waals surface area contributed by atoms with Crippen molar-refractivity contribution < 1.29 is 38.9 Å². The predicted molar refractivity (Wildman–Crippen MR) is 187 cm³/mol. The monoisotopic (exact) mass is 702 g/mol. The zero-order valence-electron chi connectivity index (χ0n) is 27.2. The molecule has 4 amide bonds. The summed E-state index contributed by atoms with van der Waals surface area (Å²) in [5, 5.41) is 21.6. The first-order valence-electron chi connectivity index (χ1n) is 16.6. The first-order chi connectivity index (χ1) is 24.6. The number of imide groups is 2. The summed E-state index contributed by atoms with van der Waals surface area (Å²) >= 11 is 6.37. The molecule has 51 heavy (non-hydrogen) atoms. The van der Waals surface area contributed by atoms with Gasteiger partial charge in [-0.15, -0.1) is 0 Å². The van der Waals surface area contributed by atoms with Crippen molar-refractivity contribution >= 4 is 52.6 Å². The summed E-state index contributed by atoms with van der Waals surface area (Å²) in [5.74, 6) is -7.46. The van der Waals surface area contributed by atoms with Gasteiger partial charge < -0.3 is 14.9 Å². The van der Waals surface area contributed by atoms with E-state index in [9.17, 15) is 29.4 Å². The van der Waals surface area contributed by atoms with Crippen LogP contribution in [0.2, 0.25) is 5.02 Å². The molecule has 256 valence electrons. The topological polar surface area (TPSA) is 142 Å². The van der Waals surface area contributed by atoms with E-state index in [0.29, 0.717) is 27.5 Å². The van der Waals surface area contributed by atoms with E-state index in [1.807, 2.05) is 12.1 Å². The van der Waals surface area contributed by atoms with E-state index in [1.54, 1.807) is 60.7 Å². The van der Waals surface area contributed by atoms with Crippen molar-refractivity contribution in [1.29, 1.82) is 0 Å². The van der Waals surface area contributed by atoms with Crippen LogP contribution in [0.15, 0.2) is 109 Å². The molecule has 0 bridgehead atoms. The van der Waals surface area contributed by atoms with Gasteiger partial charge in [0.05, 0.1) is 47.2 Å². The number of ether oxygens (including phenoxy) is 1. The molecule has 2 saturated heterocycles. The summed E-state index contributed by atoms with van der Waals surface area (Å²) < 4.78 is 5.82. The van der Waals surface area contributed by atoms with Crippen molar-refractivity contribution in [3.63, 3.8) is 0 Å². The lowest BCUT2D eigenvalue weighted by molar-refractivity contribution is -0.127. The van der Waals surface area contributed by atoms with Gasteiger partial charge in [-0.2, -0.15) is 0 Å². The Kier molecular flexibility index (Phi) is 7.61. The Bertz CT molecular complexity index is 2200. The van der Waals surface area contributed by atoms with Gasteiger partial charge in [-0.1, -0.05) is 71.8 Å². The summed E-state index contributed by atoms with van der Waals surface area (Å²) in [5.41, 5.74) is 0.256. The smallest absolute Gasteiger partial charge is 0.335 e. The molecule has 8 rings (SSSR count). The summed E-state index contributed by atoms with van der Waals surface area (Å²) in [6.07, 6.45) is 2.09. The molecule has 11 heteroatoms. The first kappa shape index (κ1) is 32.5. The van der Waals surface area contributed by atoms with E-state index in [2.05, 4.69) is 0 Å². The Morgan fingerprint density at radius 1 is 0.824 bits per heavy atom. The molecule has 4 aromatic rings.